The molecule has 7 nitrogen and oxygen atoms in total. The number of aromatic nitrogens is 2. The number of likely N-dealkylation sites (N-methyl/N-ethyl adjacent to an activating group) is 1. The topological polar surface area (TPSA) is 73.0 Å². The Morgan fingerprint density at radius 1 is 1.23 bits per heavy atom. The van der Waals surface area contributed by atoms with E-state index in [4.69, 9.17) is 4.74 Å². The standard InChI is InChI=1S/C19H23N4O3/c1-13-16(24)9-8-14(18(13)25)20-17-15-7-5-6-10-22(15)21-19(17)26-12-11-23(2,3)4/h5-10,13H,11-12H2,1-4H3/q+1. The van der Waals surface area contributed by atoms with Gasteiger partial charge in [0.2, 0.25) is 0 Å². The second-order valence-electron chi connectivity index (χ2n) is 7.37. The fourth-order valence-electron chi connectivity index (χ4n) is 2.53. The Morgan fingerprint density at radius 2 is 2.00 bits per heavy atom. The van der Waals surface area contributed by atoms with Crippen LogP contribution in [0.4, 0.5) is 5.69 Å². The van der Waals surface area contributed by atoms with Crippen molar-refractivity contribution in [2.45, 2.75) is 6.92 Å². The number of carbonyl (C=O) groups excluding carboxylic acids is 2. The number of aliphatic imine (C=N–C) groups is 1. The lowest BCUT2D eigenvalue weighted by Crippen LogP contribution is -2.38. The normalized spacial score (nSPS) is 19.5. The number of fused-ring (bicyclic) bond motifs is 1. The van der Waals surface area contributed by atoms with Crippen molar-refractivity contribution in [1.29, 1.82) is 0 Å². The number of allylic oxidation sites excluding steroid dienone is 2. The van der Waals surface area contributed by atoms with Crippen molar-refractivity contribution >= 4 is 28.5 Å². The zero-order chi connectivity index (χ0) is 18.9. The third-order valence-electron chi connectivity index (χ3n) is 4.19. The van der Waals surface area contributed by atoms with Gasteiger partial charge in [0.15, 0.2) is 17.3 Å². The number of Topliss-reactive ketones (excluding diaryl/α,β-unsaturated/α-hetero) is 1. The molecule has 3 rings (SSSR count). The van der Waals surface area contributed by atoms with Crippen LogP contribution >= 0.6 is 0 Å². The van der Waals surface area contributed by atoms with Gasteiger partial charge < -0.3 is 9.22 Å². The van der Waals surface area contributed by atoms with Gasteiger partial charge in [-0.25, -0.2) is 9.51 Å². The Balaban J connectivity index is 1.99. The Kier molecular flexibility index (Phi) is 4.73. The monoisotopic (exact) mass is 355 g/mol. The van der Waals surface area contributed by atoms with Gasteiger partial charge in [0.25, 0.3) is 5.88 Å². The van der Waals surface area contributed by atoms with Crippen molar-refractivity contribution in [3.8, 4) is 5.88 Å². The number of hydrogen-bond donors (Lipinski definition) is 0. The molecule has 0 bridgehead atoms. The van der Waals surface area contributed by atoms with E-state index < -0.39 is 5.92 Å². The van der Waals surface area contributed by atoms with Crippen LogP contribution in [0.15, 0.2) is 41.5 Å². The van der Waals surface area contributed by atoms with Crippen LogP contribution in [0.25, 0.3) is 5.52 Å². The molecule has 0 aliphatic heterocycles. The molecule has 7 heteroatoms. The number of quaternary nitrogens is 1. The van der Waals surface area contributed by atoms with Crippen LogP contribution < -0.4 is 4.74 Å². The summed E-state index contributed by atoms with van der Waals surface area (Å²) in [4.78, 5) is 28.5. The van der Waals surface area contributed by atoms with Crippen LogP contribution in [0, 0.1) is 5.92 Å². The van der Waals surface area contributed by atoms with Gasteiger partial charge in [-0.3, -0.25) is 9.59 Å². The molecule has 1 atom stereocenters. The van der Waals surface area contributed by atoms with E-state index in [0.29, 0.717) is 18.2 Å². The van der Waals surface area contributed by atoms with Gasteiger partial charge in [-0.05, 0) is 31.2 Å². The number of nitrogens with zero attached hydrogens (tertiary/aromatic N) is 4. The fourth-order valence-corrected chi connectivity index (χ4v) is 2.53. The number of ketones is 2. The third-order valence-corrected chi connectivity index (χ3v) is 4.19. The van der Waals surface area contributed by atoms with E-state index in [1.807, 2.05) is 18.2 Å². The summed E-state index contributed by atoms with van der Waals surface area (Å²) >= 11 is 0. The maximum absolute atomic E-state index is 12.4. The highest BCUT2D eigenvalue weighted by atomic mass is 16.5. The zero-order valence-electron chi connectivity index (χ0n) is 15.5. The van der Waals surface area contributed by atoms with Crippen molar-refractivity contribution in [1.82, 2.24) is 9.61 Å². The van der Waals surface area contributed by atoms with Crippen LogP contribution in [0.3, 0.4) is 0 Å². The molecule has 0 saturated carbocycles. The largest absolute Gasteiger partial charge is 0.469 e. The van der Waals surface area contributed by atoms with Crippen LogP contribution in [0.5, 0.6) is 5.88 Å². The first-order chi connectivity index (χ1) is 12.3. The van der Waals surface area contributed by atoms with Gasteiger partial charge in [0.1, 0.15) is 18.9 Å². The van der Waals surface area contributed by atoms with Crippen molar-refractivity contribution in [3.05, 3.63) is 36.5 Å². The summed E-state index contributed by atoms with van der Waals surface area (Å²) in [5.41, 5.74) is 1.49. The maximum atomic E-state index is 12.4. The summed E-state index contributed by atoms with van der Waals surface area (Å²) in [6, 6.07) is 5.60. The first-order valence-electron chi connectivity index (χ1n) is 8.52. The third kappa shape index (κ3) is 3.72. The first kappa shape index (κ1) is 18.0. The van der Waals surface area contributed by atoms with E-state index in [2.05, 4.69) is 31.2 Å². The van der Waals surface area contributed by atoms with Crippen LogP contribution in [-0.2, 0) is 9.59 Å². The van der Waals surface area contributed by atoms with E-state index in [1.165, 1.54) is 12.2 Å². The lowest BCUT2D eigenvalue weighted by atomic mass is 9.92. The average molecular weight is 355 g/mol. The molecule has 0 N–H and O–H groups in total. The summed E-state index contributed by atoms with van der Waals surface area (Å²) in [5.74, 6) is -0.815. The van der Waals surface area contributed by atoms with Crippen molar-refractivity contribution in [2.75, 3.05) is 34.3 Å². The van der Waals surface area contributed by atoms with Gasteiger partial charge in [0, 0.05) is 6.20 Å². The second kappa shape index (κ2) is 6.84. The summed E-state index contributed by atoms with van der Waals surface area (Å²) < 4.78 is 8.30. The van der Waals surface area contributed by atoms with E-state index in [0.717, 1.165) is 16.5 Å². The van der Waals surface area contributed by atoms with Crippen LogP contribution in [0.2, 0.25) is 0 Å². The highest BCUT2D eigenvalue weighted by molar-refractivity contribution is 6.50. The molecule has 0 amide bonds. The Hall–Kier alpha value is -2.80. The summed E-state index contributed by atoms with van der Waals surface area (Å²) in [5, 5.41) is 4.43. The van der Waals surface area contributed by atoms with Gasteiger partial charge in [-0.15, -0.1) is 5.10 Å². The average Bonchev–Trinajstić information content (AvgIpc) is 2.92. The summed E-state index contributed by atoms with van der Waals surface area (Å²) in [7, 11) is 6.24. The smallest absolute Gasteiger partial charge is 0.260 e. The molecular weight excluding hydrogens is 332 g/mol. The van der Waals surface area contributed by atoms with Gasteiger partial charge in [-0.1, -0.05) is 6.07 Å². The molecule has 26 heavy (non-hydrogen) atoms. The maximum Gasteiger partial charge on any atom is 0.260 e. The molecule has 0 spiro atoms. The second-order valence-corrected chi connectivity index (χ2v) is 7.37. The van der Waals surface area contributed by atoms with Crippen molar-refractivity contribution in [2.24, 2.45) is 10.9 Å². The minimum Gasteiger partial charge on any atom is -0.469 e. The minimum atomic E-state index is -0.705. The molecule has 0 radical (unpaired) electrons. The number of carbonyl (C=O) groups is 2. The predicted octanol–water partition coefficient (Wildman–Crippen LogP) is 1.84. The number of ether oxygens (including phenoxy) is 1. The van der Waals surface area contributed by atoms with Gasteiger partial charge >= 0.3 is 0 Å². The molecule has 2 heterocycles. The molecule has 1 unspecified atom stereocenters. The summed E-state index contributed by atoms with van der Waals surface area (Å²) in [6.07, 6.45) is 4.66. The molecule has 0 fully saturated rings. The molecule has 2 aromatic heterocycles. The highest BCUT2D eigenvalue weighted by Crippen LogP contribution is 2.32. The molecule has 1 aliphatic rings. The number of hydrogen-bond acceptors (Lipinski definition) is 5. The lowest BCUT2D eigenvalue weighted by molar-refractivity contribution is -0.870. The highest BCUT2D eigenvalue weighted by Gasteiger charge is 2.28. The number of rotatable bonds is 5. The van der Waals surface area contributed by atoms with Crippen molar-refractivity contribution < 1.29 is 18.8 Å². The quantitative estimate of drug-likeness (QED) is 0.606. The first-order valence-corrected chi connectivity index (χ1v) is 8.52. The SMILES string of the molecule is CC1C(=O)C=CC(=Nc2c(OCC[N+](C)(C)C)nn3ccccc23)C1=O. The molecule has 0 aromatic carbocycles. The van der Waals surface area contributed by atoms with E-state index in [-0.39, 0.29) is 17.3 Å². The molecule has 2 aromatic rings. The van der Waals surface area contributed by atoms with Crippen molar-refractivity contribution in [3.63, 3.8) is 0 Å². The Bertz CT molecular complexity index is 918. The fraction of sp³-hybridized carbons (Fsp3) is 0.368. The molecule has 0 saturated heterocycles. The number of pyridine rings is 1. The van der Waals surface area contributed by atoms with Crippen LogP contribution in [-0.4, -0.2) is 65.7 Å². The molecule has 136 valence electrons. The van der Waals surface area contributed by atoms with Gasteiger partial charge in [0.05, 0.1) is 32.6 Å². The Morgan fingerprint density at radius 3 is 2.73 bits per heavy atom. The van der Waals surface area contributed by atoms with Gasteiger partial charge in [-0.2, -0.15) is 0 Å². The molecular formula is C19H23N4O3+. The predicted molar refractivity (Wildman–Crippen MR) is 99.0 cm³/mol. The minimum absolute atomic E-state index is 0.201. The van der Waals surface area contributed by atoms with E-state index in [1.54, 1.807) is 17.6 Å². The Labute approximate surface area is 152 Å². The van der Waals surface area contributed by atoms with E-state index >= 15 is 0 Å². The van der Waals surface area contributed by atoms with E-state index in [9.17, 15) is 9.59 Å². The zero-order valence-corrected chi connectivity index (χ0v) is 15.5. The molecule has 1 aliphatic carbocycles. The van der Waals surface area contributed by atoms with Crippen LogP contribution in [0.1, 0.15) is 6.92 Å². The summed E-state index contributed by atoms with van der Waals surface area (Å²) in [6.45, 7) is 2.87. The lowest BCUT2D eigenvalue weighted by Gasteiger charge is -2.23.